The molecule has 0 fully saturated rings. The largest absolute Gasteiger partial charge is 0.140 e. The molecule has 0 amide bonds. The summed E-state index contributed by atoms with van der Waals surface area (Å²) in [6.45, 7) is 4.58. The maximum atomic E-state index is 2.47. The Morgan fingerprint density at radius 3 is 1.25 bits per heavy atom. The van der Waals surface area contributed by atoms with E-state index in [1.54, 1.807) is 9.75 Å². The molecule has 4 heteroatoms. The molecule has 0 bridgehead atoms. The van der Waals surface area contributed by atoms with Crippen LogP contribution in [0, 0.1) is 0 Å². The lowest BCUT2D eigenvalue weighted by Gasteiger charge is -1.97. The van der Waals surface area contributed by atoms with Crippen LogP contribution in [0.4, 0.5) is 0 Å². The van der Waals surface area contributed by atoms with Crippen LogP contribution in [0.2, 0.25) is 0 Å². The Bertz CT molecular complexity index is 1610. The third-order valence-electron chi connectivity index (χ3n) is 8.00. The van der Waals surface area contributed by atoms with E-state index in [1.807, 2.05) is 45.3 Å². The second-order valence-electron chi connectivity index (χ2n) is 11.2. The number of unbranched alkanes of at least 4 members (excludes halogenated alkanes) is 8. The zero-order valence-electron chi connectivity index (χ0n) is 23.9. The SMILES string of the molecule is CCCCCCCc1cc2c(ccc3sc(/C=C/c4cc5c(ccc6sc(CCCCCCC)cc65)s4)cc32)s1. The number of rotatable bonds is 14. The van der Waals surface area contributed by atoms with Crippen LogP contribution in [0.5, 0.6) is 0 Å². The average Bonchev–Trinajstić information content (AvgIpc) is 3.74. The summed E-state index contributed by atoms with van der Waals surface area (Å²) in [5.74, 6) is 0. The van der Waals surface area contributed by atoms with Crippen LogP contribution in [0.1, 0.15) is 97.6 Å². The van der Waals surface area contributed by atoms with E-state index in [9.17, 15) is 0 Å². The van der Waals surface area contributed by atoms with Crippen molar-refractivity contribution in [2.24, 2.45) is 0 Å². The fraction of sp³-hybridized carbons (Fsp3) is 0.389. The van der Waals surface area contributed by atoms with Gasteiger partial charge in [-0.15, -0.1) is 45.3 Å². The summed E-state index contributed by atoms with van der Waals surface area (Å²) >= 11 is 7.83. The van der Waals surface area contributed by atoms with Crippen molar-refractivity contribution in [3.63, 3.8) is 0 Å². The summed E-state index contributed by atoms with van der Waals surface area (Å²) in [5, 5.41) is 5.75. The van der Waals surface area contributed by atoms with Crippen molar-refractivity contribution < 1.29 is 0 Å². The molecule has 2 aromatic carbocycles. The molecule has 0 saturated heterocycles. The summed E-state index contributed by atoms with van der Waals surface area (Å²) in [6.07, 6.45) is 20.6. The molecule has 0 spiro atoms. The monoisotopic (exact) mass is 600 g/mol. The van der Waals surface area contributed by atoms with Gasteiger partial charge in [0.2, 0.25) is 0 Å². The first-order chi connectivity index (χ1) is 19.7. The quantitative estimate of drug-likeness (QED) is 0.109. The van der Waals surface area contributed by atoms with E-state index in [4.69, 9.17) is 0 Å². The van der Waals surface area contributed by atoms with Crippen LogP contribution < -0.4 is 0 Å². The predicted molar refractivity (Wildman–Crippen MR) is 188 cm³/mol. The molecule has 0 atom stereocenters. The van der Waals surface area contributed by atoms with E-state index in [0.29, 0.717) is 0 Å². The van der Waals surface area contributed by atoms with Crippen molar-refractivity contribution in [1.82, 2.24) is 0 Å². The normalized spacial score (nSPS) is 12.3. The van der Waals surface area contributed by atoms with Gasteiger partial charge in [0, 0.05) is 59.9 Å². The van der Waals surface area contributed by atoms with Crippen molar-refractivity contribution in [3.8, 4) is 0 Å². The summed E-state index contributed by atoms with van der Waals surface area (Å²) in [7, 11) is 0. The molecule has 0 N–H and O–H groups in total. The van der Waals surface area contributed by atoms with E-state index in [-0.39, 0.29) is 0 Å². The Morgan fingerprint density at radius 2 is 0.825 bits per heavy atom. The standard InChI is InChI=1S/C36H40S4/c1-3-5-7-9-11-13-25-21-29-31-23-27(39-35(31)19-17-33(29)37-25)15-16-28-24-32-30-22-26(14-12-10-8-6-4-2)38-34(30)18-20-36(32)40-28/h15-24H,3-14H2,1-2H3/b16-15+. The van der Waals surface area contributed by atoms with Gasteiger partial charge in [-0.3, -0.25) is 0 Å². The fourth-order valence-corrected chi connectivity index (χ4v) is 9.99. The van der Waals surface area contributed by atoms with E-state index >= 15 is 0 Å². The highest BCUT2D eigenvalue weighted by molar-refractivity contribution is 7.22. The molecule has 4 aromatic heterocycles. The first-order valence-corrected chi connectivity index (χ1v) is 18.6. The highest BCUT2D eigenvalue weighted by Gasteiger charge is 2.11. The number of hydrogen-bond donors (Lipinski definition) is 0. The van der Waals surface area contributed by atoms with Crippen LogP contribution in [0.25, 0.3) is 52.5 Å². The van der Waals surface area contributed by atoms with Crippen molar-refractivity contribution >= 4 is 97.8 Å². The molecule has 6 rings (SSSR count). The van der Waals surface area contributed by atoms with Gasteiger partial charge in [0.1, 0.15) is 0 Å². The van der Waals surface area contributed by atoms with E-state index in [0.717, 1.165) is 0 Å². The van der Waals surface area contributed by atoms with Gasteiger partial charge >= 0.3 is 0 Å². The highest BCUT2D eigenvalue weighted by Crippen LogP contribution is 2.39. The molecular weight excluding hydrogens is 561 g/mol. The van der Waals surface area contributed by atoms with Gasteiger partial charge in [-0.05, 0) is 86.4 Å². The van der Waals surface area contributed by atoms with Crippen LogP contribution >= 0.6 is 45.3 Å². The van der Waals surface area contributed by atoms with Gasteiger partial charge in [-0.1, -0.05) is 65.2 Å². The first-order valence-electron chi connectivity index (χ1n) is 15.3. The smallest absolute Gasteiger partial charge is 0.0356 e. The Morgan fingerprint density at radius 1 is 0.450 bits per heavy atom. The lowest BCUT2D eigenvalue weighted by atomic mass is 10.1. The van der Waals surface area contributed by atoms with Crippen LogP contribution in [-0.4, -0.2) is 0 Å². The molecule has 0 radical (unpaired) electrons. The van der Waals surface area contributed by atoms with Crippen LogP contribution in [0.15, 0.2) is 48.5 Å². The molecule has 0 aliphatic heterocycles. The Kier molecular flexibility index (Phi) is 9.38. The molecule has 0 aliphatic carbocycles. The molecule has 6 aromatic rings. The number of thiophene rings is 4. The number of aryl methyl sites for hydroxylation is 2. The molecule has 0 nitrogen and oxygen atoms in total. The maximum Gasteiger partial charge on any atom is 0.0356 e. The van der Waals surface area contributed by atoms with E-state index < -0.39 is 0 Å². The molecular formula is C36H40S4. The molecule has 0 unspecified atom stereocenters. The van der Waals surface area contributed by atoms with Crippen LogP contribution in [-0.2, 0) is 12.8 Å². The van der Waals surface area contributed by atoms with Gasteiger partial charge < -0.3 is 0 Å². The van der Waals surface area contributed by atoms with Crippen molar-refractivity contribution in [2.75, 3.05) is 0 Å². The van der Waals surface area contributed by atoms with Gasteiger partial charge in [0.05, 0.1) is 0 Å². The molecule has 208 valence electrons. The lowest BCUT2D eigenvalue weighted by molar-refractivity contribution is 0.634. The molecule has 0 aliphatic rings. The maximum absolute atomic E-state index is 2.47. The predicted octanol–water partition coefficient (Wildman–Crippen LogP) is 13.7. The minimum Gasteiger partial charge on any atom is -0.140 e. The molecule has 0 saturated carbocycles. The minimum atomic E-state index is 1.23. The first kappa shape index (κ1) is 28.2. The topological polar surface area (TPSA) is 0 Å². The second-order valence-corrected chi connectivity index (χ2v) is 15.7. The van der Waals surface area contributed by atoms with Crippen molar-refractivity contribution in [1.29, 1.82) is 0 Å². The van der Waals surface area contributed by atoms with Gasteiger partial charge in [0.15, 0.2) is 0 Å². The van der Waals surface area contributed by atoms with Gasteiger partial charge in [-0.25, -0.2) is 0 Å². The fourth-order valence-electron chi connectivity index (χ4n) is 5.79. The van der Waals surface area contributed by atoms with E-state index in [1.165, 1.54) is 127 Å². The zero-order valence-corrected chi connectivity index (χ0v) is 27.2. The summed E-state index contributed by atoms with van der Waals surface area (Å²) in [5.41, 5.74) is 0. The summed E-state index contributed by atoms with van der Waals surface area (Å²) < 4.78 is 5.68. The number of fused-ring (bicyclic) bond motifs is 6. The van der Waals surface area contributed by atoms with Crippen molar-refractivity contribution in [3.05, 3.63) is 68.0 Å². The molecule has 40 heavy (non-hydrogen) atoms. The third kappa shape index (κ3) is 6.41. The lowest BCUT2D eigenvalue weighted by Crippen LogP contribution is -1.81. The third-order valence-corrected chi connectivity index (χ3v) is 12.5. The summed E-state index contributed by atoms with van der Waals surface area (Å²) in [6, 6.07) is 19.1. The number of hydrogen-bond acceptors (Lipinski definition) is 4. The highest BCUT2D eigenvalue weighted by atomic mass is 32.1. The van der Waals surface area contributed by atoms with E-state index in [2.05, 4.69) is 74.5 Å². The summed E-state index contributed by atoms with van der Waals surface area (Å²) in [4.78, 5) is 5.79. The molecule has 4 heterocycles. The Balaban J connectivity index is 1.18. The van der Waals surface area contributed by atoms with Gasteiger partial charge in [-0.2, -0.15) is 0 Å². The average molecular weight is 601 g/mol. The van der Waals surface area contributed by atoms with Crippen molar-refractivity contribution in [2.45, 2.75) is 90.9 Å². The zero-order chi connectivity index (χ0) is 27.3. The Hall–Kier alpha value is -1.98. The Labute approximate surface area is 255 Å². The minimum absolute atomic E-state index is 1.23. The van der Waals surface area contributed by atoms with Crippen LogP contribution in [0.3, 0.4) is 0 Å². The second kappa shape index (κ2) is 13.3. The van der Waals surface area contributed by atoms with Gasteiger partial charge in [0.25, 0.3) is 0 Å². The number of benzene rings is 2.